The smallest absolute Gasteiger partial charge is 0.408 e. The average molecular weight is 526 g/mol. The number of amides is 3. The molecule has 1 heterocycles. The Morgan fingerprint density at radius 1 is 0.919 bits per heavy atom. The van der Waals surface area contributed by atoms with Crippen LogP contribution in [0, 0.1) is 22.7 Å². The van der Waals surface area contributed by atoms with E-state index in [0.717, 1.165) is 19.3 Å². The Labute approximate surface area is 223 Å². The molecule has 1 aliphatic carbocycles. The highest BCUT2D eigenvalue weighted by molar-refractivity contribution is 5.92. The van der Waals surface area contributed by atoms with E-state index in [4.69, 9.17) is 9.47 Å². The summed E-state index contributed by atoms with van der Waals surface area (Å²) in [6.07, 6.45) is 2.31. The van der Waals surface area contributed by atoms with Crippen LogP contribution in [0.2, 0.25) is 0 Å². The van der Waals surface area contributed by atoms with Crippen molar-refractivity contribution in [3.8, 4) is 0 Å². The molecule has 0 aromatic carbocycles. The van der Waals surface area contributed by atoms with Crippen molar-refractivity contribution >= 4 is 17.9 Å². The lowest BCUT2D eigenvalue weighted by atomic mass is 9.82. The molecule has 37 heavy (non-hydrogen) atoms. The summed E-state index contributed by atoms with van der Waals surface area (Å²) in [5.41, 5.74) is -1.98. The average Bonchev–Trinajstić information content (AvgIpc) is 3.27. The van der Waals surface area contributed by atoms with Crippen LogP contribution in [-0.4, -0.2) is 70.6 Å². The second-order valence-electron chi connectivity index (χ2n) is 14.0. The SMILES string of the molecule is CCOC(C)(O)[C@@H]1[C@H]2CCC[C@H]2CN1C(=O)[C@@H](NC(=O)[C@@H](NC(=O)OC(C)(C)C)C(C)(C)C)C(C)(C)C. The number of carbonyl (C=O) groups excluding carboxylic acids is 3. The number of rotatable bonds is 7. The zero-order valence-corrected chi connectivity index (χ0v) is 24.9. The van der Waals surface area contributed by atoms with Gasteiger partial charge in [0.25, 0.3) is 0 Å². The van der Waals surface area contributed by atoms with Gasteiger partial charge in [0.05, 0.1) is 6.04 Å². The van der Waals surface area contributed by atoms with E-state index >= 15 is 0 Å². The van der Waals surface area contributed by atoms with Crippen LogP contribution in [-0.2, 0) is 19.1 Å². The first kappa shape index (κ1) is 31.3. The molecule has 3 N–H and O–H groups in total. The van der Waals surface area contributed by atoms with Crippen LogP contribution in [0.4, 0.5) is 4.79 Å². The molecule has 0 bridgehead atoms. The highest BCUT2D eigenvalue weighted by Crippen LogP contribution is 2.46. The maximum Gasteiger partial charge on any atom is 0.408 e. The van der Waals surface area contributed by atoms with Gasteiger partial charge in [-0.05, 0) is 70.1 Å². The summed E-state index contributed by atoms with van der Waals surface area (Å²) in [5, 5.41) is 16.9. The summed E-state index contributed by atoms with van der Waals surface area (Å²) in [6, 6.07) is -2.29. The number of hydrogen-bond acceptors (Lipinski definition) is 6. The van der Waals surface area contributed by atoms with Crippen molar-refractivity contribution in [3.63, 3.8) is 0 Å². The molecule has 1 saturated carbocycles. The Bertz CT molecular complexity index is 836. The van der Waals surface area contributed by atoms with E-state index in [0.29, 0.717) is 19.1 Å². The fourth-order valence-electron chi connectivity index (χ4n) is 5.74. The highest BCUT2D eigenvalue weighted by atomic mass is 16.6. The molecule has 3 amide bonds. The minimum atomic E-state index is -1.49. The molecule has 0 radical (unpaired) electrons. The molecule has 6 atom stereocenters. The molecule has 1 saturated heterocycles. The summed E-state index contributed by atoms with van der Waals surface area (Å²) >= 11 is 0. The maximum atomic E-state index is 14.1. The van der Waals surface area contributed by atoms with Crippen LogP contribution in [0.1, 0.15) is 95.4 Å². The van der Waals surface area contributed by atoms with Crippen molar-refractivity contribution < 1.29 is 29.0 Å². The molecule has 9 nitrogen and oxygen atoms in total. The number of hydrogen-bond donors (Lipinski definition) is 3. The van der Waals surface area contributed by atoms with Crippen molar-refractivity contribution in [1.82, 2.24) is 15.5 Å². The molecule has 2 rings (SSSR count). The third-order valence-electron chi connectivity index (χ3n) is 7.35. The molecule has 214 valence electrons. The van der Waals surface area contributed by atoms with Crippen molar-refractivity contribution in [3.05, 3.63) is 0 Å². The molecule has 1 aliphatic heterocycles. The van der Waals surface area contributed by atoms with Crippen LogP contribution in [0.3, 0.4) is 0 Å². The second-order valence-corrected chi connectivity index (χ2v) is 14.0. The fraction of sp³-hybridized carbons (Fsp3) is 0.893. The Balaban J connectivity index is 2.34. The minimum Gasteiger partial charge on any atom is -0.444 e. The molecule has 0 aromatic heterocycles. The summed E-state index contributed by atoms with van der Waals surface area (Å²) < 4.78 is 11.1. The van der Waals surface area contributed by atoms with Gasteiger partial charge in [0.2, 0.25) is 11.8 Å². The summed E-state index contributed by atoms with van der Waals surface area (Å²) in [6.45, 7) is 20.8. The normalized spacial score (nSPS) is 25.6. The first-order valence-corrected chi connectivity index (χ1v) is 13.7. The summed E-state index contributed by atoms with van der Waals surface area (Å²) in [5.74, 6) is -1.75. The summed E-state index contributed by atoms with van der Waals surface area (Å²) in [4.78, 5) is 42.0. The number of aliphatic hydroxyl groups is 1. The van der Waals surface area contributed by atoms with Crippen molar-refractivity contribution in [1.29, 1.82) is 0 Å². The molecule has 2 fully saturated rings. The minimum absolute atomic E-state index is 0.151. The fourth-order valence-corrected chi connectivity index (χ4v) is 5.74. The Morgan fingerprint density at radius 3 is 1.97 bits per heavy atom. The van der Waals surface area contributed by atoms with Gasteiger partial charge in [0, 0.05) is 13.2 Å². The predicted molar refractivity (Wildman–Crippen MR) is 143 cm³/mol. The quantitative estimate of drug-likeness (QED) is 0.435. The lowest BCUT2D eigenvalue weighted by Gasteiger charge is -2.42. The molecular weight excluding hydrogens is 474 g/mol. The van der Waals surface area contributed by atoms with Crippen molar-refractivity contribution in [2.75, 3.05) is 13.2 Å². The standard InChI is InChI=1S/C28H51N3O6/c1-12-36-28(11,35)21-18-15-13-14-17(18)16-31(21)23(33)20(26(5,6)7)29-22(32)19(25(2,3)4)30-24(34)37-27(8,9)10/h17-21,35H,12-16H2,1-11H3,(H,29,32)(H,30,34)/t17-,18-,19+,20+,21-,28?/m0/s1. The number of nitrogens with zero attached hydrogens (tertiary/aromatic N) is 1. The zero-order valence-electron chi connectivity index (χ0n) is 24.9. The van der Waals surface area contributed by atoms with Gasteiger partial charge < -0.3 is 30.1 Å². The second kappa shape index (κ2) is 11.1. The zero-order chi connectivity index (χ0) is 28.6. The van der Waals surface area contributed by atoms with Crippen LogP contribution in [0.25, 0.3) is 0 Å². The van der Waals surface area contributed by atoms with E-state index in [2.05, 4.69) is 10.6 Å². The number of carbonyl (C=O) groups is 3. The monoisotopic (exact) mass is 525 g/mol. The number of nitrogens with one attached hydrogen (secondary N) is 2. The van der Waals surface area contributed by atoms with E-state index in [9.17, 15) is 19.5 Å². The number of alkyl carbamates (subject to hydrolysis) is 1. The van der Waals surface area contributed by atoms with Crippen LogP contribution in [0.5, 0.6) is 0 Å². The molecule has 0 aromatic rings. The van der Waals surface area contributed by atoms with Crippen LogP contribution < -0.4 is 10.6 Å². The largest absolute Gasteiger partial charge is 0.444 e. The highest BCUT2D eigenvalue weighted by Gasteiger charge is 2.55. The van der Waals surface area contributed by atoms with E-state index in [1.54, 1.807) is 32.6 Å². The Morgan fingerprint density at radius 2 is 1.49 bits per heavy atom. The third kappa shape index (κ3) is 7.82. The van der Waals surface area contributed by atoms with Crippen LogP contribution >= 0.6 is 0 Å². The van der Waals surface area contributed by atoms with Gasteiger partial charge in [-0.25, -0.2) is 4.79 Å². The number of likely N-dealkylation sites (tertiary alicyclic amines) is 1. The van der Waals surface area contributed by atoms with Crippen molar-refractivity contribution in [2.24, 2.45) is 22.7 Å². The number of ether oxygens (including phenoxy) is 2. The van der Waals surface area contributed by atoms with Gasteiger partial charge in [-0.3, -0.25) is 9.59 Å². The number of fused-ring (bicyclic) bond motifs is 1. The van der Waals surface area contributed by atoms with Gasteiger partial charge in [-0.15, -0.1) is 0 Å². The van der Waals surface area contributed by atoms with Gasteiger partial charge in [-0.2, -0.15) is 0 Å². The first-order valence-electron chi connectivity index (χ1n) is 13.7. The van der Waals surface area contributed by atoms with Crippen LogP contribution in [0.15, 0.2) is 0 Å². The van der Waals surface area contributed by atoms with Gasteiger partial charge in [0.1, 0.15) is 17.7 Å². The molecule has 0 spiro atoms. The van der Waals surface area contributed by atoms with Gasteiger partial charge >= 0.3 is 6.09 Å². The van der Waals surface area contributed by atoms with E-state index in [1.807, 2.05) is 48.5 Å². The van der Waals surface area contributed by atoms with Gasteiger partial charge in [0.15, 0.2) is 5.79 Å². The summed E-state index contributed by atoms with van der Waals surface area (Å²) in [7, 11) is 0. The lowest BCUT2D eigenvalue weighted by molar-refractivity contribution is -0.229. The van der Waals surface area contributed by atoms with E-state index in [1.165, 1.54) is 0 Å². The Kier molecular flexibility index (Phi) is 9.39. The predicted octanol–water partition coefficient (Wildman–Crippen LogP) is 3.83. The maximum absolute atomic E-state index is 14.1. The third-order valence-corrected chi connectivity index (χ3v) is 7.35. The molecule has 1 unspecified atom stereocenters. The van der Waals surface area contributed by atoms with E-state index in [-0.39, 0.29) is 11.8 Å². The van der Waals surface area contributed by atoms with E-state index < -0.39 is 52.3 Å². The first-order chi connectivity index (χ1) is 16.7. The molecule has 9 heteroatoms. The van der Waals surface area contributed by atoms with Crippen molar-refractivity contribution in [2.45, 2.75) is 125 Å². The Hall–Kier alpha value is -1.87. The molecule has 2 aliphatic rings. The van der Waals surface area contributed by atoms with Gasteiger partial charge in [-0.1, -0.05) is 48.0 Å². The topological polar surface area (TPSA) is 117 Å². The molecular formula is C28H51N3O6. The lowest BCUT2D eigenvalue weighted by Crippen LogP contribution is -2.63.